The SMILES string of the molecule is CCN(CC)CC(C)NCc1ccccc1C(=O)OC. The first-order valence-corrected chi connectivity index (χ1v) is 7.24. The fourth-order valence-electron chi connectivity index (χ4n) is 2.20. The average molecular weight is 278 g/mol. The molecule has 0 aliphatic rings. The topological polar surface area (TPSA) is 41.6 Å². The molecular formula is C16H26N2O2. The van der Waals surface area contributed by atoms with Crippen molar-refractivity contribution < 1.29 is 9.53 Å². The Kier molecular flexibility index (Phi) is 7.26. The molecule has 0 heterocycles. The summed E-state index contributed by atoms with van der Waals surface area (Å²) in [7, 11) is 1.41. The molecule has 4 nitrogen and oxygen atoms in total. The molecule has 112 valence electrons. The van der Waals surface area contributed by atoms with Crippen molar-refractivity contribution in [3.05, 3.63) is 35.4 Å². The summed E-state index contributed by atoms with van der Waals surface area (Å²) in [4.78, 5) is 14.1. The Labute approximate surface area is 122 Å². The van der Waals surface area contributed by atoms with Gasteiger partial charge in [-0.2, -0.15) is 0 Å². The second kappa shape index (κ2) is 8.72. The third-order valence-corrected chi connectivity index (χ3v) is 3.49. The Morgan fingerprint density at radius 3 is 2.55 bits per heavy atom. The predicted octanol–water partition coefficient (Wildman–Crippen LogP) is 2.29. The van der Waals surface area contributed by atoms with Crippen molar-refractivity contribution in [3.8, 4) is 0 Å². The maximum absolute atomic E-state index is 11.7. The molecule has 0 spiro atoms. The molecule has 0 fully saturated rings. The fourth-order valence-corrected chi connectivity index (χ4v) is 2.20. The van der Waals surface area contributed by atoms with E-state index in [-0.39, 0.29) is 5.97 Å². The number of nitrogens with one attached hydrogen (secondary N) is 1. The number of hydrogen-bond donors (Lipinski definition) is 1. The van der Waals surface area contributed by atoms with Crippen LogP contribution in [0.15, 0.2) is 24.3 Å². The molecule has 20 heavy (non-hydrogen) atoms. The van der Waals surface area contributed by atoms with Gasteiger partial charge in [-0.15, -0.1) is 0 Å². The minimum absolute atomic E-state index is 0.279. The van der Waals surface area contributed by atoms with Crippen LogP contribution in [0, 0.1) is 0 Å². The van der Waals surface area contributed by atoms with E-state index in [0.717, 1.165) is 25.2 Å². The molecular weight excluding hydrogens is 252 g/mol. The zero-order valence-corrected chi connectivity index (χ0v) is 13.0. The van der Waals surface area contributed by atoms with Gasteiger partial charge in [0, 0.05) is 19.1 Å². The van der Waals surface area contributed by atoms with Crippen molar-refractivity contribution in [1.82, 2.24) is 10.2 Å². The fraction of sp³-hybridized carbons (Fsp3) is 0.562. The van der Waals surface area contributed by atoms with Crippen molar-refractivity contribution in [1.29, 1.82) is 0 Å². The Balaban J connectivity index is 2.59. The first-order valence-electron chi connectivity index (χ1n) is 7.24. The normalized spacial score (nSPS) is 12.4. The average Bonchev–Trinajstić information content (AvgIpc) is 2.50. The van der Waals surface area contributed by atoms with Gasteiger partial charge in [0.2, 0.25) is 0 Å². The van der Waals surface area contributed by atoms with E-state index in [0.29, 0.717) is 18.2 Å². The van der Waals surface area contributed by atoms with Crippen molar-refractivity contribution in [2.75, 3.05) is 26.7 Å². The van der Waals surface area contributed by atoms with Crippen LogP contribution in [0.4, 0.5) is 0 Å². The summed E-state index contributed by atoms with van der Waals surface area (Å²) in [6.45, 7) is 10.3. The lowest BCUT2D eigenvalue weighted by Gasteiger charge is -2.23. The Bertz CT molecular complexity index is 417. The van der Waals surface area contributed by atoms with Crippen LogP contribution in [-0.2, 0) is 11.3 Å². The largest absolute Gasteiger partial charge is 0.465 e. The van der Waals surface area contributed by atoms with Crippen molar-refractivity contribution >= 4 is 5.97 Å². The van der Waals surface area contributed by atoms with E-state index >= 15 is 0 Å². The van der Waals surface area contributed by atoms with E-state index in [4.69, 9.17) is 4.74 Å². The number of carbonyl (C=O) groups is 1. The van der Waals surface area contributed by atoms with Gasteiger partial charge in [-0.25, -0.2) is 4.79 Å². The third-order valence-electron chi connectivity index (χ3n) is 3.49. The number of carbonyl (C=O) groups excluding carboxylic acids is 1. The number of esters is 1. The van der Waals surface area contributed by atoms with Crippen molar-refractivity contribution in [2.45, 2.75) is 33.4 Å². The molecule has 1 atom stereocenters. The highest BCUT2D eigenvalue weighted by molar-refractivity contribution is 5.90. The summed E-state index contributed by atoms with van der Waals surface area (Å²) in [5, 5.41) is 3.47. The molecule has 4 heteroatoms. The van der Waals surface area contributed by atoms with E-state index in [2.05, 4.69) is 31.0 Å². The molecule has 1 aromatic carbocycles. The second-order valence-corrected chi connectivity index (χ2v) is 4.92. The first-order chi connectivity index (χ1) is 9.62. The van der Waals surface area contributed by atoms with Crippen LogP contribution < -0.4 is 5.32 Å². The smallest absolute Gasteiger partial charge is 0.338 e. The quantitative estimate of drug-likeness (QED) is 0.741. The van der Waals surface area contributed by atoms with Crippen LogP contribution in [0.2, 0.25) is 0 Å². The van der Waals surface area contributed by atoms with E-state index in [9.17, 15) is 4.79 Å². The number of methoxy groups -OCH3 is 1. The number of likely N-dealkylation sites (N-methyl/N-ethyl adjacent to an activating group) is 1. The molecule has 0 saturated heterocycles. The number of hydrogen-bond acceptors (Lipinski definition) is 4. The van der Waals surface area contributed by atoms with Gasteiger partial charge in [0.1, 0.15) is 0 Å². The van der Waals surface area contributed by atoms with Crippen LogP contribution in [0.1, 0.15) is 36.7 Å². The van der Waals surface area contributed by atoms with Gasteiger partial charge in [0.15, 0.2) is 0 Å². The van der Waals surface area contributed by atoms with E-state index in [1.54, 1.807) is 6.07 Å². The van der Waals surface area contributed by atoms with Gasteiger partial charge in [-0.3, -0.25) is 0 Å². The lowest BCUT2D eigenvalue weighted by atomic mass is 10.1. The lowest BCUT2D eigenvalue weighted by Crippen LogP contribution is -2.39. The van der Waals surface area contributed by atoms with Crippen molar-refractivity contribution in [2.24, 2.45) is 0 Å². The highest BCUT2D eigenvalue weighted by Gasteiger charge is 2.12. The van der Waals surface area contributed by atoms with Gasteiger partial charge in [-0.05, 0) is 31.6 Å². The summed E-state index contributed by atoms with van der Waals surface area (Å²) >= 11 is 0. The number of nitrogens with zero attached hydrogens (tertiary/aromatic N) is 1. The van der Waals surface area contributed by atoms with Crippen molar-refractivity contribution in [3.63, 3.8) is 0 Å². The van der Waals surface area contributed by atoms with Gasteiger partial charge in [-0.1, -0.05) is 32.0 Å². The van der Waals surface area contributed by atoms with Crippen LogP contribution in [0.5, 0.6) is 0 Å². The van der Waals surface area contributed by atoms with E-state index < -0.39 is 0 Å². The minimum Gasteiger partial charge on any atom is -0.465 e. The maximum Gasteiger partial charge on any atom is 0.338 e. The molecule has 1 rings (SSSR count). The zero-order chi connectivity index (χ0) is 15.0. The molecule has 1 aromatic rings. The summed E-state index contributed by atoms with van der Waals surface area (Å²) in [6, 6.07) is 7.94. The molecule has 0 aliphatic heterocycles. The monoisotopic (exact) mass is 278 g/mol. The molecule has 1 N–H and O–H groups in total. The summed E-state index contributed by atoms with van der Waals surface area (Å²) in [6.07, 6.45) is 0. The van der Waals surface area contributed by atoms with E-state index in [1.165, 1.54) is 7.11 Å². The van der Waals surface area contributed by atoms with Crippen LogP contribution in [0.3, 0.4) is 0 Å². The standard InChI is InChI=1S/C16H26N2O2/c1-5-18(6-2)12-13(3)17-11-14-9-7-8-10-15(14)16(19)20-4/h7-10,13,17H,5-6,11-12H2,1-4H3. The lowest BCUT2D eigenvalue weighted by molar-refractivity contribution is 0.0599. The highest BCUT2D eigenvalue weighted by atomic mass is 16.5. The minimum atomic E-state index is -0.279. The van der Waals surface area contributed by atoms with Gasteiger partial charge < -0.3 is 15.0 Å². The number of rotatable bonds is 8. The molecule has 0 aliphatic carbocycles. The molecule has 0 amide bonds. The summed E-state index contributed by atoms with van der Waals surface area (Å²) in [5.41, 5.74) is 1.61. The molecule has 1 unspecified atom stereocenters. The Hall–Kier alpha value is -1.39. The van der Waals surface area contributed by atoms with Crippen LogP contribution >= 0.6 is 0 Å². The first kappa shape index (κ1) is 16.7. The maximum atomic E-state index is 11.7. The van der Waals surface area contributed by atoms with Gasteiger partial charge in [0.25, 0.3) is 0 Å². The Morgan fingerprint density at radius 2 is 1.95 bits per heavy atom. The Morgan fingerprint density at radius 1 is 1.30 bits per heavy atom. The number of benzene rings is 1. The number of ether oxygens (including phenoxy) is 1. The molecule has 0 bridgehead atoms. The third kappa shape index (κ3) is 4.94. The second-order valence-electron chi connectivity index (χ2n) is 4.92. The van der Waals surface area contributed by atoms with Crippen LogP contribution in [0.25, 0.3) is 0 Å². The molecule has 0 radical (unpaired) electrons. The molecule has 0 aromatic heterocycles. The zero-order valence-electron chi connectivity index (χ0n) is 13.0. The summed E-state index contributed by atoms with van der Waals surface area (Å²) in [5.74, 6) is -0.279. The van der Waals surface area contributed by atoms with Gasteiger partial charge >= 0.3 is 5.97 Å². The molecule has 0 saturated carbocycles. The summed E-state index contributed by atoms with van der Waals surface area (Å²) < 4.78 is 4.81. The van der Waals surface area contributed by atoms with Crippen LogP contribution in [-0.4, -0.2) is 43.7 Å². The predicted molar refractivity (Wildman–Crippen MR) is 81.9 cm³/mol. The highest BCUT2D eigenvalue weighted by Crippen LogP contribution is 2.10. The van der Waals surface area contributed by atoms with E-state index in [1.807, 2.05) is 18.2 Å². The van der Waals surface area contributed by atoms with Gasteiger partial charge in [0.05, 0.1) is 12.7 Å².